The SMILES string of the molecule is Cc1ccc(C2C(C(=O)O)CCC(=O)N2C)s1. The minimum Gasteiger partial charge on any atom is -0.481 e. The molecule has 0 spiro atoms. The third-order valence-electron chi connectivity index (χ3n) is 3.23. The molecule has 4 nitrogen and oxygen atoms in total. The van der Waals surface area contributed by atoms with Crippen molar-refractivity contribution in [3.05, 3.63) is 21.9 Å². The van der Waals surface area contributed by atoms with Crippen LogP contribution in [0.4, 0.5) is 0 Å². The van der Waals surface area contributed by atoms with Crippen molar-refractivity contribution in [2.45, 2.75) is 25.8 Å². The highest BCUT2D eigenvalue weighted by Crippen LogP contribution is 2.38. The fourth-order valence-electron chi connectivity index (χ4n) is 2.30. The lowest BCUT2D eigenvalue weighted by Gasteiger charge is -2.36. The van der Waals surface area contributed by atoms with Gasteiger partial charge in [0.2, 0.25) is 5.91 Å². The first-order valence-electron chi connectivity index (χ1n) is 5.55. The molecule has 1 saturated heterocycles. The molecular weight excluding hydrogens is 238 g/mol. The molecule has 2 rings (SSSR count). The lowest BCUT2D eigenvalue weighted by Crippen LogP contribution is -2.42. The Morgan fingerprint density at radius 3 is 2.76 bits per heavy atom. The summed E-state index contributed by atoms with van der Waals surface area (Å²) in [6, 6.07) is 3.58. The fraction of sp³-hybridized carbons (Fsp3) is 0.500. The molecule has 0 aromatic carbocycles. The lowest BCUT2D eigenvalue weighted by atomic mass is 9.88. The summed E-state index contributed by atoms with van der Waals surface area (Å²) >= 11 is 1.56. The summed E-state index contributed by atoms with van der Waals surface area (Å²) in [6.45, 7) is 1.98. The van der Waals surface area contributed by atoms with Gasteiger partial charge in [0.15, 0.2) is 0 Å². The number of likely N-dealkylation sites (tertiary alicyclic amines) is 1. The van der Waals surface area contributed by atoms with Gasteiger partial charge in [0.1, 0.15) is 0 Å². The van der Waals surface area contributed by atoms with Gasteiger partial charge in [-0.1, -0.05) is 0 Å². The zero-order valence-electron chi connectivity index (χ0n) is 9.84. The summed E-state index contributed by atoms with van der Waals surface area (Å²) in [5, 5.41) is 9.25. The second-order valence-corrected chi connectivity index (χ2v) is 5.70. The molecule has 2 heterocycles. The summed E-state index contributed by atoms with van der Waals surface area (Å²) in [5.41, 5.74) is 0. The van der Waals surface area contributed by atoms with E-state index >= 15 is 0 Å². The van der Waals surface area contributed by atoms with Gasteiger partial charge in [0, 0.05) is 23.2 Å². The Morgan fingerprint density at radius 1 is 1.53 bits per heavy atom. The Balaban J connectivity index is 2.36. The lowest BCUT2D eigenvalue weighted by molar-refractivity contribution is -0.150. The standard InChI is InChI=1S/C12H15NO3S/c1-7-3-5-9(17-7)11-8(12(15)16)4-6-10(14)13(11)2/h3,5,8,11H,4,6H2,1-2H3,(H,15,16). The zero-order chi connectivity index (χ0) is 12.6. The van der Waals surface area contributed by atoms with Crippen LogP contribution in [0.3, 0.4) is 0 Å². The highest BCUT2D eigenvalue weighted by molar-refractivity contribution is 7.12. The number of hydrogen-bond donors (Lipinski definition) is 1. The summed E-state index contributed by atoms with van der Waals surface area (Å²) < 4.78 is 0. The molecule has 0 saturated carbocycles. The molecule has 1 N–H and O–H groups in total. The molecule has 0 bridgehead atoms. The third kappa shape index (κ3) is 2.20. The van der Waals surface area contributed by atoms with Gasteiger partial charge in [-0.25, -0.2) is 0 Å². The van der Waals surface area contributed by atoms with Crippen LogP contribution in [-0.4, -0.2) is 28.9 Å². The number of rotatable bonds is 2. The van der Waals surface area contributed by atoms with Crippen molar-refractivity contribution in [2.24, 2.45) is 5.92 Å². The van der Waals surface area contributed by atoms with E-state index in [1.165, 1.54) is 0 Å². The highest BCUT2D eigenvalue weighted by atomic mass is 32.1. The topological polar surface area (TPSA) is 57.6 Å². The molecule has 1 fully saturated rings. The van der Waals surface area contributed by atoms with Crippen molar-refractivity contribution in [3.63, 3.8) is 0 Å². The Labute approximate surface area is 104 Å². The van der Waals surface area contributed by atoms with Crippen molar-refractivity contribution < 1.29 is 14.7 Å². The number of carbonyl (C=O) groups excluding carboxylic acids is 1. The average Bonchev–Trinajstić information content (AvgIpc) is 2.68. The van der Waals surface area contributed by atoms with Gasteiger partial charge in [0.25, 0.3) is 0 Å². The van der Waals surface area contributed by atoms with Gasteiger partial charge >= 0.3 is 5.97 Å². The molecule has 2 unspecified atom stereocenters. The molecule has 92 valence electrons. The number of carboxylic acids is 1. The Bertz CT molecular complexity index is 454. The van der Waals surface area contributed by atoms with Crippen molar-refractivity contribution in [1.82, 2.24) is 4.90 Å². The largest absolute Gasteiger partial charge is 0.481 e. The van der Waals surface area contributed by atoms with Gasteiger partial charge in [-0.3, -0.25) is 9.59 Å². The van der Waals surface area contributed by atoms with Crippen LogP contribution in [-0.2, 0) is 9.59 Å². The summed E-state index contributed by atoms with van der Waals surface area (Å²) in [6.07, 6.45) is 0.758. The van der Waals surface area contributed by atoms with Crippen LogP contribution in [0.15, 0.2) is 12.1 Å². The Hall–Kier alpha value is -1.36. The molecule has 5 heteroatoms. The highest BCUT2D eigenvalue weighted by Gasteiger charge is 2.39. The number of aliphatic carboxylic acids is 1. The number of carboxylic acid groups (broad SMARTS) is 1. The van der Waals surface area contributed by atoms with Gasteiger partial charge in [-0.15, -0.1) is 11.3 Å². The molecule has 0 radical (unpaired) electrons. The van der Waals surface area contributed by atoms with E-state index in [-0.39, 0.29) is 11.9 Å². The number of nitrogens with zero attached hydrogens (tertiary/aromatic N) is 1. The second-order valence-electron chi connectivity index (χ2n) is 4.38. The predicted octanol–water partition coefficient (Wildman–Crippen LogP) is 2.05. The number of thiophene rings is 1. The van der Waals surface area contributed by atoms with Crippen molar-refractivity contribution >= 4 is 23.2 Å². The van der Waals surface area contributed by atoms with Gasteiger partial charge in [-0.05, 0) is 25.5 Å². The van der Waals surface area contributed by atoms with E-state index in [1.54, 1.807) is 23.3 Å². The van der Waals surface area contributed by atoms with E-state index in [2.05, 4.69) is 0 Å². The van der Waals surface area contributed by atoms with Crippen molar-refractivity contribution in [3.8, 4) is 0 Å². The summed E-state index contributed by atoms with van der Waals surface area (Å²) in [5.74, 6) is -1.28. The summed E-state index contributed by atoms with van der Waals surface area (Å²) in [4.78, 5) is 26.6. The van der Waals surface area contributed by atoms with Crippen LogP contribution in [0.5, 0.6) is 0 Å². The first-order valence-corrected chi connectivity index (χ1v) is 6.37. The van der Waals surface area contributed by atoms with Crippen LogP contribution < -0.4 is 0 Å². The predicted molar refractivity (Wildman–Crippen MR) is 64.9 cm³/mol. The summed E-state index contributed by atoms with van der Waals surface area (Å²) in [7, 11) is 1.69. The van der Waals surface area contributed by atoms with Crippen molar-refractivity contribution in [2.75, 3.05) is 7.05 Å². The van der Waals surface area contributed by atoms with E-state index < -0.39 is 11.9 Å². The first kappa shape index (κ1) is 12.1. The third-order valence-corrected chi connectivity index (χ3v) is 4.30. The maximum absolute atomic E-state index is 11.7. The van der Waals surface area contributed by atoms with E-state index in [0.29, 0.717) is 12.8 Å². The molecule has 1 aliphatic heterocycles. The smallest absolute Gasteiger partial charge is 0.308 e. The van der Waals surface area contributed by atoms with E-state index in [4.69, 9.17) is 0 Å². The molecule has 1 aliphatic rings. The van der Waals surface area contributed by atoms with Crippen molar-refractivity contribution in [1.29, 1.82) is 0 Å². The molecule has 2 atom stereocenters. The first-order chi connectivity index (χ1) is 8.00. The minimum atomic E-state index is -0.819. The number of hydrogen-bond acceptors (Lipinski definition) is 3. The number of carbonyl (C=O) groups is 2. The average molecular weight is 253 g/mol. The molecule has 1 amide bonds. The van der Waals surface area contributed by atoms with Gasteiger partial charge in [0.05, 0.1) is 12.0 Å². The zero-order valence-corrected chi connectivity index (χ0v) is 10.7. The second kappa shape index (κ2) is 4.49. The molecule has 1 aromatic heterocycles. The van der Waals surface area contributed by atoms with Crippen LogP contribution >= 0.6 is 11.3 Å². The fourth-order valence-corrected chi connectivity index (χ4v) is 3.39. The van der Waals surface area contributed by atoms with Crippen LogP contribution in [0.2, 0.25) is 0 Å². The molecule has 0 aliphatic carbocycles. The van der Waals surface area contributed by atoms with Gasteiger partial charge in [-0.2, -0.15) is 0 Å². The minimum absolute atomic E-state index is 0.0264. The molecular formula is C12H15NO3S. The van der Waals surface area contributed by atoms with Gasteiger partial charge < -0.3 is 10.0 Å². The Kier molecular flexibility index (Phi) is 3.19. The number of aryl methyl sites for hydroxylation is 1. The van der Waals surface area contributed by atoms with Crippen LogP contribution in [0.25, 0.3) is 0 Å². The number of piperidine rings is 1. The normalized spacial score (nSPS) is 25.1. The van der Waals surface area contributed by atoms with Crippen LogP contribution in [0, 0.1) is 12.8 Å². The van der Waals surface area contributed by atoms with E-state index in [9.17, 15) is 14.7 Å². The van der Waals surface area contributed by atoms with E-state index in [1.807, 2.05) is 19.1 Å². The maximum Gasteiger partial charge on any atom is 0.308 e. The molecule has 17 heavy (non-hydrogen) atoms. The monoisotopic (exact) mass is 253 g/mol. The quantitative estimate of drug-likeness (QED) is 0.877. The number of amides is 1. The maximum atomic E-state index is 11.7. The van der Waals surface area contributed by atoms with Crippen LogP contribution in [0.1, 0.15) is 28.6 Å². The molecule has 1 aromatic rings. The van der Waals surface area contributed by atoms with E-state index in [0.717, 1.165) is 9.75 Å². The Morgan fingerprint density at radius 2 is 2.24 bits per heavy atom.